The lowest BCUT2D eigenvalue weighted by atomic mass is 9.98. The summed E-state index contributed by atoms with van der Waals surface area (Å²) in [7, 11) is 1.24. The summed E-state index contributed by atoms with van der Waals surface area (Å²) in [6, 6.07) is 24.6. The predicted octanol–water partition coefficient (Wildman–Crippen LogP) is 7.57. The zero-order valence-electron chi connectivity index (χ0n) is 23.2. The van der Waals surface area contributed by atoms with E-state index in [0.29, 0.717) is 30.5 Å². The molecule has 0 spiro atoms. The van der Waals surface area contributed by atoms with E-state index in [9.17, 15) is 9.59 Å². The highest BCUT2D eigenvalue weighted by Crippen LogP contribution is 2.35. The lowest BCUT2D eigenvalue weighted by Gasteiger charge is -2.25. The van der Waals surface area contributed by atoms with Crippen LogP contribution in [-0.2, 0) is 20.7 Å². The number of amides is 1. The maximum Gasteiger partial charge on any atom is 0.397 e. The Balaban J connectivity index is 1.91. The number of hydrogen-bond acceptors (Lipinski definition) is 4. The molecule has 202 valence electrons. The van der Waals surface area contributed by atoms with Gasteiger partial charge in [0.1, 0.15) is 5.75 Å². The quantitative estimate of drug-likeness (QED) is 0.134. The van der Waals surface area contributed by atoms with Gasteiger partial charge in [-0.05, 0) is 66.0 Å². The van der Waals surface area contributed by atoms with Crippen molar-refractivity contribution in [1.82, 2.24) is 0 Å². The summed E-state index contributed by atoms with van der Waals surface area (Å²) in [4.78, 5) is 27.1. The van der Waals surface area contributed by atoms with Crippen molar-refractivity contribution in [2.45, 2.75) is 65.2 Å². The van der Waals surface area contributed by atoms with Gasteiger partial charge in [-0.3, -0.25) is 9.69 Å². The molecule has 5 nitrogen and oxygen atoms in total. The number of aryl methyl sites for hydroxylation is 1. The van der Waals surface area contributed by atoms with E-state index in [1.165, 1.54) is 23.1 Å². The molecule has 5 heteroatoms. The van der Waals surface area contributed by atoms with Crippen LogP contribution in [0.5, 0.6) is 5.75 Å². The summed E-state index contributed by atoms with van der Waals surface area (Å²) >= 11 is 0. The molecule has 0 saturated heterocycles. The SMILES string of the molecule is CCCCCOc1ccc(-c2ccc(C(C)C)cc2)cc1N(CCCCc1ccccc1)C(=O)C(=O)OC. The molecule has 0 fully saturated rings. The second-order valence-electron chi connectivity index (χ2n) is 9.91. The van der Waals surface area contributed by atoms with Crippen LogP contribution < -0.4 is 9.64 Å². The zero-order valence-corrected chi connectivity index (χ0v) is 23.2. The van der Waals surface area contributed by atoms with E-state index in [4.69, 9.17) is 9.47 Å². The maximum absolute atomic E-state index is 13.2. The fraction of sp³-hybridized carbons (Fsp3) is 0.394. The van der Waals surface area contributed by atoms with Crippen LogP contribution in [-0.4, -0.2) is 32.1 Å². The van der Waals surface area contributed by atoms with Gasteiger partial charge in [0.25, 0.3) is 0 Å². The van der Waals surface area contributed by atoms with E-state index < -0.39 is 11.9 Å². The fourth-order valence-corrected chi connectivity index (χ4v) is 4.40. The molecule has 0 aliphatic heterocycles. The van der Waals surface area contributed by atoms with E-state index in [0.717, 1.165) is 49.7 Å². The third kappa shape index (κ3) is 8.20. The normalized spacial score (nSPS) is 10.9. The lowest BCUT2D eigenvalue weighted by Crippen LogP contribution is -2.38. The van der Waals surface area contributed by atoms with Gasteiger partial charge in [-0.2, -0.15) is 0 Å². The topological polar surface area (TPSA) is 55.8 Å². The second-order valence-corrected chi connectivity index (χ2v) is 9.91. The van der Waals surface area contributed by atoms with E-state index in [1.54, 1.807) is 0 Å². The molecule has 3 aromatic carbocycles. The van der Waals surface area contributed by atoms with Gasteiger partial charge < -0.3 is 9.47 Å². The molecule has 0 atom stereocenters. The summed E-state index contributed by atoms with van der Waals surface area (Å²) in [6.07, 6.45) is 5.62. The molecule has 1 amide bonds. The Hall–Kier alpha value is -3.60. The van der Waals surface area contributed by atoms with Gasteiger partial charge in [0.2, 0.25) is 0 Å². The first-order valence-electron chi connectivity index (χ1n) is 13.8. The minimum atomic E-state index is -0.878. The molecule has 3 rings (SSSR count). The smallest absolute Gasteiger partial charge is 0.397 e. The van der Waals surface area contributed by atoms with E-state index >= 15 is 0 Å². The number of hydrogen-bond donors (Lipinski definition) is 0. The van der Waals surface area contributed by atoms with Gasteiger partial charge in [-0.15, -0.1) is 0 Å². The molecule has 0 N–H and O–H groups in total. The van der Waals surface area contributed by atoms with Gasteiger partial charge in [0.05, 0.1) is 19.4 Å². The number of nitrogens with zero attached hydrogens (tertiary/aromatic N) is 1. The molecule has 38 heavy (non-hydrogen) atoms. The molecule has 3 aromatic rings. The van der Waals surface area contributed by atoms with Crippen LogP contribution >= 0.6 is 0 Å². The van der Waals surface area contributed by atoms with Crippen molar-refractivity contribution in [3.8, 4) is 16.9 Å². The maximum atomic E-state index is 13.2. The Morgan fingerprint density at radius 1 is 0.842 bits per heavy atom. The van der Waals surface area contributed by atoms with Crippen molar-refractivity contribution in [1.29, 1.82) is 0 Å². The first-order valence-corrected chi connectivity index (χ1v) is 13.8. The second kappa shape index (κ2) is 15.0. The Morgan fingerprint density at radius 3 is 2.21 bits per heavy atom. The molecule has 0 aliphatic carbocycles. The largest absolute Gasteiger partial charge is 0.491 e. The third-order valence-electron chi connectivity index (χ3n) is 6.71. The lowest BCUT2D eigenvalue weighted by molar-refractivity contribution is -0.151. The highest BCUT2D eigenvalue weighted by atomic mass is 16.5. The summed E-state index contributed by atoms with van der Waals surface area (Å²) < 4.78 is 11.0. The average molecular weight is 516 g/mol. The van der Waals surface area contributed by atoms with Gasteiger partial charge in [0.15, 0.2) is 0 Å². The average Bonchev–Trinajstić information content (AvgIpc) is 2.95. The minimum absolute atomic E-state index is 0.391. The molecular weight excluding hydrogens is 474 g/mol. The Labute approximate surface area is 227 Å². The van der Waals surface area contributed by atoms with Crippen molar-refractivity contribution >= 4 is 17.6 Å². The van der Waals surface area contributed by atoms with Gasteiger partial charge in [-0.25, -0.2) is 4.79 Å². The number of carbonyl (C=O) groups excluding carboxylic acids is 2. The number of rotatable bonds is 13. The number of unbranched alkanes of at least 4 members (excludes halogenated alkanes) is 3. The highest BCUT2D eigenvalue weighted by Gasteiger charge is 2.27. The summed E-state index contributed by atoms with van der Waals surface area (Å²) in [5.41, 5.74) is 5.13. The van der Waals surface area contributed by atoms with Crippen molar-refractivity contribution in [3.05, 3.63) is 83.9 Å². The number of methoxy groups -OCH3 is 1. The standard InChI is InChI=1S/C33H41NO4/c1-5-6-12-23-38-31-21-20-29(28-18-16-27(17-19-28)25(2)3)24-30(31)34(32(35)33(36)37-4)22-11-10-15-26-13-8-7-9-14-26/h7-9,13-14,16-21,24-25H,5-6,10-12,15,22-23H2,1-4H3. The molecule has 0 radical (unpaired) electrons. The monoisotopic (exact) mass is 515 g/mol. The van der Waals surface area contributed by atoms with Crippen molar-refractivity contribution in [2.24, 2.45) is 0 Å². The zero-order chi connectivity index (χ0) is 27.3. The first-order chi connectivity index (χ1) is 18.4. The summed E-state index contributed by atoms with van der Waals surface area (Å²) in [5.74, 6) is -0.513. The van der Waals surface area contributed by atoms with Crippen molar-refractivity contribution < 1.29 is 19.1 Å². The van der Waals surface area contributed by atoms with Gasteiger partial charge in [-0.1, -0.05) is 94.3 Å². The third-order valence-corrected chi connectivity index (χ3v) is 6.71. The van der Waals surface area contributed by atoms with Crippen LogP contribution in [0.15, 0.2) is 72.8 Å². The van der Waals surface area contributed by atoms with Crippen LogP contribution in [0.1, 0.15) is 69.9 Å². The molecular formula is C33H41NO4. The van der Waals surface area contributed by atoms with Crippen molar-refractivity contribution in [3.63, 3.8) is 0 Å². The molecule has 0 unspecified atom stereocenters. The molecule has 0 saturated carbocycles. The Bertz CT molecular complexity index is 1160. The molecule has 0 heterocycles. The number of benzene rings is 3. The predicted molar refractivity (Wildman–Crippen MR) is 155 cm³/mol. The Kier molecular flexibility index (Phi) is 11.4. The Morgan fingerprint density at radius 2 is 1.55 bits per heavy atom. The number of ether oxygens (including phenoxy) is 2. The summed E-state index contributed by atoms with van der Waals surface area (Å²) in [5, 5.41) is 0. The van der Waals surface area contributed by atoms with Gasteiger partial charge >= 0.3 is 11.9 Å². The fourth-order valence-electron chi connectivity index (χ4n) is 4.40. The minimum Gasteiger partial charge on any atom is -0.491 e. The number of esters is 1. The molecule has 0 aliphatic rings. The van der Waals surface area contributed by atoms with E-state index in [-0.39, 0.29) is 0 Å². The van der Waals surface area contributed by atoms with E-state index in [2.05, 4.69) is 57.2 Å². The van der Waals surface area contributed by atoms with Crippen LogP contribution in [0.2, 0.25) is 0 Å². The number of anilines is 1. The summed E-state index contributed by atoms with van der Waals surface area (Å²) in [6.45, 7) is 7.44. The number of carbonyl (C=O) groups is 2. The van der Waals surface area contributed by atoms with Crippen LogP contribution in [0, 0.1) is 0 Å². The van der Waals surface area contributed by atoms with Crippen molar-refractivity contribution in [2.75, 3.05) is 25.2 Å². The van der Waals surface area contributed by atoms with Crippen LogP contribution in [0.25, 0.3) is 11.1 Å². The van der Waals surface area contributed by atoms with Crippen LogP contribution in [0.3, 0.4) is 0 Å². The molecule has 0 bridgehead atoms. The molecule has 0 aromatic heterocycles. The van der Waals surface area contributed by atoms with Crippen LogP contribution in [0.4, 0.5) is 5.69 Å². The van der Waals surface area contributed by atoms with Gasteiger partial charge in [0, 0.05) is 6.54 Å². The highest BCUT2D eigenvalue weighted by molar-refractivity contribution is 6.38. The van der Waals surface area contributed by atoms with E-state index in [1.807, 2.05) is 36.4 Å². The first kappa shape index (κ1) is 29.0.